The fourth-order valence-corrected chi connectivity index (χ4v) is 1.41. The summed E-state index contributed by atoms with van der Waals surface area (Å²) in [5.41, 5.74) is 5.66. The Bertz CT molecular complexity index is 303. The maximum atomic E-state index is 5.91. The van der Waals surface area contributed by atoms with E-state index >= 15 is 0 Å². The minimum atomic E-state index is 0.336. The van der Waals surface area contributed by atoms with Gasteiger partial charge in [-0.2, -0.15) is 0 Å². The van der Waals surface area contributed by atoms with Crippen LogP contribution in [-0.2, 0) is 0 Å². The molecule has 0 amide bonds. The molecular formula is C10H12ClNO. The molecule has 0 aliphatic heterocycles. The molecule has 0 heterocycles. The Hall–Kier alpha value is -0.730. The molecule has 0 saturated heterocycles. The third-order valence-electron chi connectivity index (χ3n) is 2.27. The van der Waals surface area contributed by atoms with Crippen LogP contribution >= 0.6 is 11.6 Å². The van der Waals surface area contributed by atoms with Crippen LogP contribution in [0.5, 0.6) is 5.75 Å². The van der Waals surface area contributed by atoms with Gasteiger partial charge in [0.25, 0.3) is 0 Å². The summed E-state index contributed by atoms with van der Waals surface area (Å²) < 4.78 is 5.52. The number of ether oxygens (including phenoxy) is 1. The second-order valence-corrected chi connectivity index (χ2v) is 3.81. The summed E-state index contributed by atoms with van der Waals surface area (Å²) in [4.78, 5) is 0. The molecule has 70 valence electrons. The first-order valence-electron chi connectivity index (χ1n) is 4.40. The van der Waals surface area contributed by atoms with Gasteiger partial charge in [0.05, 0.1) is 11.6 Å². The number of para-hydroxylation sites is 1. The number of benzene rings is 1. The second-order valence-electron chi connectivity index (χ2n) is 3.40. The number of rotatable bonds is 3. The van der Waals surface area contributed by atoms with Crippen molar-refractivity contribution in [3.63, 3.8) is 0 Å². The predicted octanol–water partition coefficient (Wildman–Crippen LogP) is 2.07. The molecule has 2 atom stereocenters. The van der Waals surface area contributed by atoms with E-state index in [0.29, 0.717) is 23.6 Å². The van der Waals surface area contributed by atoms with Gasteiger partial charge in [0, 0.05) is 12.0 Å². The van der Waals surface area contributed by atoms with Crippen molar-refractivity contribution in [2.24, 2.45) is 11.7 Å². The Balaban J connectivity index is 1.90. The van der Waals surface area contributed by atoms with E-state index in [1.165, 1.54) is 0 Å². The maximum absolute atomic E-state index is 5.91. The minimum Gasteiger partial charge on any atom is -0.492 e. The highest BCUT2D eigenvalue weighted by Crippen LogP contribution is 2.30. The largest absolute Gasteiger partial charge is 0.492 e. The minimum absolute atomic E-state index is 0.336. The topological polar surface area (TPSA) is 35.2 Å². The van der Waals surface area contributed by atoms with Crippen LogP contribution < -0.4 is 10.5 Å². The molecule has 13 heavy (non-hydrogen) atoms. The molecule has 3 heteroatoms. The Morgan fingerprint density at radius 3 is 2.77 bits per heavy atom. The average molecular weight is 198 g/mol. The third kappa shape index (κ3) is 2.14. The molecule has 1 fully saturated rings. The first-order valence-corrected chi connectivity index (χ1v) is 4.78. The molecule has 1 aromatic rings. The van der Waals surface area contributed by atoms with Gasteiger partial charge in [0.2, 0.25) is 0 Å². The van der Waals surface area contributed by atoms with Crippen LogP contribution in [0.15, 0.2) is 24.3 Å². The van der Waals surface area contributed by atoms with Crippen LogP contribution in [0.4, 0.5) is 0 Å². The van der Waals surface area contributed by atoms with Gasteiger partial charge in [0.1, 0.15) is 5.75 Å². The predicted molar refractivity (Wildman–Crippen MR) is 53.0 cm³/mol. The van der Waals surface area contributed by atoms with Gasteiger partial charge in [-0.25, -0.2) is 0 Å². The van der Waals surface area contributed by atoms with Gasteiger partial charge < -0.3 is 10.5 Å². The van der Waals surface area contributed by atoms with Crippen molar-refractivity contribution in [2.75, 3.05) is 6.61 Å². The summed E-state index contributed by atoms with van der Waals surface area (Å²) in [6, 6.07) is 7.83. The van der Waals surface area contributed by atoms with Gasteiger partial charge in [-0.05, 0) is 18.6 Å². The SMILES string of the molecule is NC1CC1COc1ccccc1Cl. The fourth-order valence-electron chi connectivity index (χ4n) is 1.22. The third-order valence-corrected chi connectivity index (χ3v) is 2.58. The molecule has 1 aromatic carbocycles. The number of hydrogen-bond donors (Lipinski definition) is 1. The van der Waals surface area contributed by atoms with Crippen LogP contribution in [0, 0.1) is 5.92 Å². The van der Waals surface area contributed by atoms with Crippen molar-refractivity contribution in [1.29, 1.82) is 0 Å². The van der Waals surface area contributed by atoms with E-state index in [1.807, 2.05) is 24.3 Å². The Kier molecular flexibility index (Phi) is 2.42. The van der Waals surface area contributed by atoms with Crippen LogP contribution in [0.1, 0.15) is 6.42 Å². The molecule has 2 rings (SSSR count). The lowest BCUT2D eigenvalue weighted by Gasteiger charge is -2.06. The number of nitrogens with two attached hydrogens (primary N) is 1. The smallest absolute Gasteiger partial charge is 0.137 e. The highest BCUT2D eigenvalue weighted by molar-refractivity contribution is 6.32. The van der Waals surface area contributed by atoms with Crippen LogP contribution in [-0.4, -0.2) is 12.6 Å². The van der Waals surface area contributed by atoms with E-state index < -0.39 is 0 Å². The summed E-state index contributed by atoms with van der Waals surface area (Å²) in [7, 11) is 0. The first-order chi connectivity index (χ1) is 6.27. The van der Waals surface area contributed by atoms with Gasteiger partial charge in [-0.1, -0.05) is 23.7 Å². The molecule has 1 saturated carbocycles. The first kappa shape index (κ1) is 8.85. The second kappa shape index (κ2) is 3.56. The molecule has 0 radical (unpaired) electrons. The van der Waals surface area contributed by atoms with Gasteiger partial charge in [0.15, 0.2) is 0 Å². The van der Waals surface area contributed by atoms with Gasteiger partial charge >= 0.3 is 0 Å². The van der Waals surface area contributed by atoms with Crippen molar-refractivity contribution < 1.29 is 4.74 Å². The zero-order chi connectivity index (χ0) is 9.26. The molecular weight excluding hydrogens is 186 g/mol. The Morgan fingerprint density at radius 2 is 2.15 bits per heavy atom. The lowest BCUT2D eigenvalue weighted by Crippen LogP contribution is -2.08. The summed E-state index contributed by atoms with van der Waals surface area (Å²) >= 11 is 5.91. The van der Waals surface area contributed by atoms with E-state index in [1.54, 1.807) is 0 Å². The molecule has 1 aliphatic rings. The summed E-state index contributed by atoms with van der Waals surface area (Å²) in [6.07, 6.45) is 1.07. The van der Waals surface area contributed by atoms with E-state index in [9.17, 15) is 0 Å². The Morgan fingerprint density at radius 1 is 1.46 bits per heavy atom. The zero-order valence-electron chi connectivity index (χ0n) is 7.24. The molecule has 2 N–H and O–H groups in total. The van der Waals surface area contributed by atoms with E-state index in [4.69, 9.17) is 22.1 Å². The van der Waals surface area contributed by atoms with Crippen LogP contribution in [0.25, 0.3) is 0 Å². The van der Waals surface area contributed by atoms with Crippen LogP contribution in [0.2, 0.25) is 5.02 Å². The van der Waals surface area contributed by atoms with Crippen molar-refractivity contribution in [1.82, 2.24) is 0 Å². The fraction of sp³-hybridized carbons (Fsp3) is 0.400. The lowest BCUT2D eigenvalue weighted by molar-refractivity contribution is 0.297. The molecule has 2 nitrogen and oxygen atoms in total. The van der Waals surface area contributed by atoms with Crippen molar-refractivity contribution >= 4 is 11.6 Å². The summed E-state index contributed by atoms with van der Waals surface area (Å²) in [5, 5.41) is 0.664. The maximum Gasteiger partial charge on any atom is 0.137 e. The van der Waals surface area contributed by atoms with Crippen molar-refractivity contribution in [2.45, 2.75) is 12.5 Å². The summed E-state index contributed by atoms with van der Waals surface area (Å²) in [6.45, 7) is 0.685. The van der Waals surface area contributed by atoms with Crippen LogP contribution in [0.3, 0.4) is 0 Å². The molecule has 2 unspecified atom stereocenters. The molecule has 0 aromatic heterocycles. The van der Waals surface area contributed by atoms with Gasteiger partial charge in [-0.3, -0.25) is 0 Å². The van der Waals surface area contributed by atoms with Gasteiger partial charge in [-0.15, -0.1) is 0 Å². The number of halogens is 1. The average Bonchev–Trinajstić information content (AvgIpc) is 2.81. The normalized spacial score (nSPS) is 25.7. The highest BCUT2D eigenvalue weighted by atomic mass is 35.5. The number of hydrogen-bond acceptors (Lipinski definition) is 2. The van der Waals surface area contributed by atoms with Crippen molar-refractivity contribution in [3.05, 3.63) is 29.3 Å². The highest BCUT2D eigenvalue weighted by Gasteiger charge is 2.33. The van der Waals surface area contributed by atoms with E-state index in [0.717, 1.165) is 12.2 Å². The lowest BCUT2D eigenvalue weighted by atomic mass is 10.3. The van der Waals surface area contributed by atoms with E-state index in [2.05, 4.69) is 0 Å². The monoisotopic (exact) mass is 197 g/mol. The van der Waals surface area contributed by atoms with Crippen molar-refractivity contribution in [3.8, 4) is 5.75 Å². The molecule has 0 spiro atoms. The Labute approximate surface area is 82.6 Å². The summed E-state index contributed by atoms with van der Waals surface area (Å²) in [5.74, 6) is 1.28. The van der Waals surface area contributed by atoms with E-state index in [-0.39, 0.29) is 0 Å². The molecule has 0 bridgehead atoms. The zero-order valence-corrected chi connectivity index (χ0v) is 8.00. The molecule has 1 aliphatic carbocycles. The standard InChI is InChI=1S/C10H12ClNO/c11-8-3-1-2-4-10(8)13-6-7-5-9(7)12/h1-4,7,9H,5-6,12H2. The quantitative estimate of drug-likeness (QED) is 0.805.